The molecule has 0 radical (unpaired) electrons. The normalized spacial score (nSPS) is 10.7. The van der Waals surface area contributed by atoms with E-state index in [9.17, 15) is 4.79 Å². The summed E-state index contributed by atoms with van der Waals surface area (Å²) in [4.78, 5) is 14.2. The second-order valence-corrected chi connectivity index (χ2v) is 6.51. The number of aromatic nitrogens is 2. The van der Waals surface area contributed by atoms with E-state index in [0.29, 0.717) is 4.88 Å². The van der Waals surface area contributed by atoms with Gasteiger partial charge in [-0.1, -0.05) is 12.1 Å². The number of carbonyl (C=O) groups is 1. The second-order valence-electron chi connectivity index (χ2n) is 5.22. The summed E-state index contributed by atoms with van der Waals surface area (Å²) in [6.07, 6.45) is 0. The van der Waals surface area contributed by atoms with E-state index < -0.39 is 0 Å². The summed E-state index contributed by atoms with van der Waals surface area (Å²) in [6.45, 7) is 5.95. The minimum Gasteiger partial charge on any atom is -0.319 e. The molecule has 1 N–H and O–H groups in total. The number of thiophene rings is 1. The van der Waals surface area contributed by atoms with Gasteiger partial charge in [0.15, 0.2) is 0 Å². The van der Waals surface area contributed by atoms with E-state index in [4.69, 9.17) is 0 Å². The minimum absolute atomic E-state index is 0.0907. The number of rotatable bonds is 3. The van der Waals surface area contributed by atoms with Gasteiger partial charge in [-0.05, 0) is 51.1 Å². The van der Waals surface area contributed by atoms with Crippen molar-refractivity contribution in [3.63, 3.8) is 0 Å². The Bertz CT molecular complexity index is 832. The van der Waals surface area contributed by atoms with Crippen LogP contribution in [0.5, 0.6) is 0 Å². The largest absolute Gasteiger partial charge is 0.319 e. The summed E-state index contributed by atoms with van der Waals surface area (Å²) in [7, 11) is 0. The highest BCUT2D eigenvalue weighted by Crippen LogP contribution is 2.23. The van der Waals surface area contributed by atoms with E-state index >= 15 is 0 Å². The number of anilines is 1. The van der Waals surface area contributed by atoms with Crippen molar-refractivity contribution in [2.75, 3.05) is 5.32 Å². The van der Waals surface area contributed by atoms with Gasteiger partial charge in [-0.3, -0.25) is 4.79 Å². The van der Waals surface area contributed by atoms with E-state index in [1.54, 1.807) is 0 Å². The van der Waals surface area contributed by atoms with E-state index in [2.05, 4.69) is 10.4 Å². The highest BCUT2D eigenvalue weighted by Gasteiger charge is 2.13. The monoisotopic (exact) mass is 311 g/mol. The van der Waals surface area contributed by atoms with Gasteiger partial charge in [-0.2, -0.15) is 5.10 Å². The number of amides is 1. The van der Waals surface area contributed by atoms with Gasteiger partial charge in [-0.25, -0.2) is 4.68 Å². The van der Waals surface area contributed by atoms with Gasteiger partial charge in [0.25, 0.3) is 5.91 Å². The molecule has 5 heteroatoms. The summed E-state index contributed by atoms with van der Waals surface area (Å²) in [6, 6.07) is 13.5. The van der Waals surface area contributed by atoms with Crippen molar-refractivity contribution in [2.45, 2.75) is 20.8 Å². The van der Waals surface area contributed by atoms with Crippen LogP contribution < -0.4 is 5.32 Å². The maximum Gasteiger partial charge on any atom is 0.265 e. The molecule has 0 saturated heterocycles. The SMILES string of the molecule is Cc1cc(C)n(-c2ccccc2NC(=O)c2ccc(C)s2)n1. The number of carbonyl (C=O) groups excluding carboxylic acids is 1. The van der Waals surface area contributed by atoms with Crippen molar-refractivity contribution < 1.29 is 4.79 Å². The molecular formula is C17H17N3OS. The summed E-state index contributed by atoms with van der Waals surface area (Å²) in [5.74, 6) is -0.0907. The molecule has 0 saturated carbocycles. The van der Waals surface area contributed by atoms with Crippen LogP contribution in [0, 0.1) is 20.8 Å². The number of nitrogens with zero attached hydrogens (tertiary/aromatic N) is 2. The Hall–Kier alpha value is -2.40. The first-order valence-corrected chi connectivity index (χ1v) is 7.87. The van der Waals surface area contributed by atoms with E-state index in [-0.39, 0.29) is 5.91 Å². The molecular weight excluding hydrogens is 294 g/mol. The quantitative estimate of drug-likeness (QED) is 0.791. The topological polar surface area (TPSA) is 46.9 Å². The Morgan fingerprint density at radius 1 is 1.14 bits per heavy atom. The van der Waals surface area contributed by atoms with Gasteiger partial charge in [0.2, 0.25) is 0 Å². The van der Waals surface area contributed by atoms with Gasteiger partial charge in [0.1, 0.15) is 0 Å². The molecule has 1 aromatic carbocycles. The zero-order chi connectivity index (χ0) is 15.7. The molecule has 0 spiro atoms. The average molecular weight is 311 g/mol. The van der Waals surface area contributed by atoms with Crippen molar-refractivity contribution >= 4 is 22.9 Å². The number of hydrogen-bond acceptors (Lipinski definition) is 3. The molecule has 2 heterocycles. The number of benzene rings is 1. The van der Waals surface area contributed by atoms with Gasteiger partial charge >= 0.3 is 0 Å². The Kier molecular flexibility index (Phi) is 3.81. The highest BCUT2D eigenvalue weighted by atomic mass is 32.1. The zero-order valence-electron chi connectivity index (χ0n) is 12.8. The number of nitrogens with one attached hydrogen (secondary N) is 1. The van der Waals surface area contributed by atoms with Crippen molar-refractivity contribution in [2.24, 2.45) is 0 Å². The van der Waals surface area contributed by atoms with Crippen LogP contribution in [0.25, 0.3) is 5.69 Å². The van der Waals surface area contributed by atoms with Crippen LogP contribution in [0.2, 0.25) is 0 Å². The number of para-hydroxylation sites is 2. The van der Waals surface area contributed by atoms with E-state index in [1.807, 2.05) is 67.9 Å². The molecule has 22 heavy (non-hydrogen) atoms. The second kappa shape index (κ2) is 5.77. The van der Waals surface area contributed by atoms with Crippen LogP contribution in [-0.2, 0) is 0 Å². The Balaban J connectivity index is 1.95. The lowest BCUT2D eigenvalue weighted by atomic mass is 10.2. The van der Waals surface area contributed by atoms with Crippen molar-refractivity contribution in [3.8, 4) is 5.69 Å². The zero-order valence-corrected chi connectivity index (χ0v) is 13.6. The van der Waals surface area contributed by atoms with Gasteiger partial charge in [0.05, 0.1) is 21.9 Å². The molecule has 3 rings (SSSR count). The Morgan fingerprint density at radius 2 is 1.91 bits per heavy atom. The average Bonchev–Trinajstić information content (AvgIpc) is 3.05. The maximum absolute atomic E-state index is 12.4. The van der Waals surface area contributed by atoms with Crippen LogP contribution in [0.15, 0.2) is 42.5 Å². The molecule has 0 aliphatic carbocycles. The first kappa shape index (κ1) is 14.5. The Labute approximate surface area is 133 Å². The number of aryl methyl sites for hydroxylation is 3. The van der Waals surface area contributed by atoms with Crippen molar-refractivity contribution in [1.82, 2.24) is 9.78 Å². The first-order valence-electron chi connectivity index (χ1n) is 7.05. The van der Waals surface area contributed by atoms with Crippen LogP contribution in [0.1, 0.15) is 25.9 Å². The predicted molar refractivity (Wildman–Crippen MR) is 90.0 cm³/mol. The minimum atomic E-state index is -0.0907. The molecule has 112 valence electrons. The predicted octanol–water partition coefficient (Wildman–Crippen LogP) is 4.11. The lowest BCUT2D eigenvalue weighted by molar-refractivity contribution is 0.103. The molecule has 0 unspecified atom stereocenters. The van der Waals surface area contributed by atoms with Crippen LogP contribution in [-0.4, -0.2) is 15.7 Å². The molecule has 1 amide bonds. The molecule has 0 bridgehead atoms. The maximum atomic E-state index is 12.4. The first-order chi connectivity index (χ1) is 10.5. The fourth-order valence-electron chi connectivity index (χ4n) is 2.38. The third kappa shape index (κ3) is 2.80. The summed E-state index contributed by atoms with van der Waals surface area (Å²) in [5.41, 5.74) is 3.61. The molecule has 0 fully saturated rings. The summed E-state index contributed by atoms with van der Waals surface area (Å²) in [5, 5.41) is 7.48. The van der Waals surface area contributed by atoms with E-state index in [0.717, 1.165) is 27.6 Å². The van der Waals surface area contributed by atoms with Crippen molar-refractivity contribution in [3.05, 3.63) is 63.6 Å². The van der Waals surface area contributed by atoms with Crippen LogP contribution >= 0.6 is 11.3 Å². The molecule has 4 nitrogen and oxygen atoms in total. The molecule has 2 aromatic heterocycles. The molecule has 0 aliphatic rings. The van der Waals surface area contributed by atoms with E-state index in [1.165, 1.54) is 11.3 Å². The lowest BCUT2D eigenvalue weighted by Crippen LogP contribution is -2.13. The summed E-state index contributed by atoms with van der Waals surface area (Å²) < 4.78 is 1.85. The van der Waals surface area contributed by atoms with Gasteiger partial charge < -0.3 is 5.32 Å². The molecule has 3 aromatic rings. The van der Waals surface area contributed by atoms with Gasteiger partial charge in [-0.15, -0.1) is 11.3 Å². The Morgan fingerprint density at radius 3 is 2.55 bits per heavy atom. The fourth-order valence-corrected chi connectivity index (χ4v) is 3.14. The number of hydrogen-bond donors (Lipinski definition) is 1. The van der Waals surface area contributed by atoms with Crippen LogP contribution in [0.4, 0.5) is 5.69 Å². The summed E-state index contributed by atoms with van der Waals surface area (Å²) >= 11 is 1.49. The molecule has 0 aliphatic heterocycles. The lowest BCUT2D eigenvalue weighted by Gasteiger charge is -2.11. The molecule has 0 atom stereocenters. The van der Waals surface area contributed by atoms with Crippen molar-refractivity contribution in [1.29, 1.82) is 0 Å². The third-order valence-electron chi connectivity index (χ3n) is 3.35. The highest BCUT2D eigenvalue weighted by molar-refractivity contribution is 7.14. The third-order valence-corrected chi connectivity index (χ3v) is 4.35. The van der Waals surface area contributed by atoms with Gasteiger partial charge in [0, 0.05) is 10.6 Å². The fraction of sp³-hybridized carbons (Fsp3) is 0.176. The van der Waals surface area contributed by atoms with Crippen LogP contribution in [0.3, 0.4) is 0 Å². The standard InChI is InChI=1S/C17H17N3OS/c1-11-10-12(2)20(19-11)15-7-5-4-6-14(15)18-17(21)16-9-8-13(3)22-16/h4-10H,1-3H3,(H,18,21). The smallest absolute Gasteiger partial charge is 0.265 e.